The minimum absolute atomic E-state index is 0.139. The molecule has 2 N–H and O–H groups in total. The zero-order valence-electron chi connectivity index (χ0n) is 20.3. The Hall–Kier alpha value is -4.00. The molecule has 1 aliphatic rings. The van der Waals surface area contributed by atoms with Crippen LogP contribution in [0.3, 0.4) is 0 Å². The fourth-order valence-electron chi connectivity index (χ4n) is 3.98. The van der Waals surface area contributed by atoms with Gasteiger partial charge in [0, 0.05) is 23.9 Å². The van der Waals surface area contributed by atoms with E-state index in [-0.39, 0.29) is 24.0 Å². The lowest BCUT2D eigenvalue weighted by Gasteiger charge is -2.40. The van der Waals surface area contributed by atoms with Gasteiger partial charge in [-0.05, 0) is 74.0 Å². The van der Waals surface area contributed by atoms with E-state index in [9.17, 15) is 9.59 Å². The van der Waals surface area contributed by atoms with Crippen LogP contribution in [0.4, 0.5) is 11.4 Å². The summed E-state index contributed by atoms with van der Waals surface area (Å²) in [4.78, 5) is 26.2. The van der Waals surface area contributed by atoms with Gasteiger partial charge in [0.05, 0.1) is 25.7 Å². The van der Waals surface area contributed by atoms with Crippen LogP contribution in [0, 0.1) is 0 Å². The highest BCUT2D eigenvalue weighted by molar-refractivity contribution is 5.97. The van der Waals surface area contributed by atoms with Gasteiger partial charge in [-0.25, -0.2) is 0 Å². The van der Waals surface area contributed by atoms with Crippen molar-refractivity contribution in [2.45, 2.75) is 32.9 Å². The molecule has 1 atom stereocenters. The van der Waals surface area contributed by atoms with Gasteiger partial charge < -0.3 is 25.0 Å². The number of rotatable bonds is 9. The molecule has 3 aromatic carbocycles. The molecule has 182 valence electrons. The minimum Gasteiger partial charge on any atom is -0.494 e. The normalized spacial score (nSPS) is 14.0. The van der Waals surface area contributed by atoms with E-state index in [4.69, 9.17) is 9.47 Å². The standard InChI is InChI=1S/C28H31N3O4/c1-4-34-25-14-10-24(11-15-25)31-17-27(18-31)35-26-12-8-21(9-13-26)19(2)29-28(33)22-6-5-7-23(16-22)30-20(3)32/h5-16,19,27H,4,17-18H2,1-3H3,(H,29,33)(H,30,32). The van der Waals surface area contributed by atoms with Crippen molar-refractivity contribution in [3.05, 3.63) is 83.9 Å². The SMILES string of the molecule is CCOc1ccc(N2CC(Oc3ccc(C(C)NC(=O)c4cccc(NC(C)=O)c4)cc3)C2)cc1. The number of ether oxygens (including phenoxy) is 2. The lowest BCUT2D eigenvalue weighted by molar-refractivity contribution is -0.114. The van der Waals surface area contributed by atoms with Gasteiger partial charge in [-0.15, -0.1) is 0 Å². The molecule has 1 heterocycles. The maximum absolute atomic E-state index is 12.7. The molecule has 0 radical (unpaired) electrons. The van der Waals surface area contributed by atoms with E-state index >= 15 is 0 Å². The Bertz CT molecular complexity index is 1160. The smallest absolute Gasteiger partial charge is 0.251 e. The van der Waals surface area contributed by atoms with E-state index in [1.54, 1.807) is 24.3 Å². The van der Waals surface area contributed by atoms with Gasteiger partial charge in [0.2, 0.25) is 5.91 Å². The van der Waals surface area contributed by atoms with Crippen LogP contribution >= 0.6 is 0 Å². The molecule has 0 spiro atoms. The van der Waals surface area contributed by atoms with Gasteiger partial charge in [0.15, 0.2) is 0 Å². The summed E-state index contributed by atoms with van der Waals surface area (Å²) in [5.74, 6) is 1.32. The highest BCUT2D eigenvalue weighted by atomic mass is 16.5. The highest BCUT2D eigenvalue weighted by Gasteiger charge is 2.28. The zero-order chi connectivity index (χ0) is 24.8. The third kappa shape index (κ3) is 6.32. The summed E-state index contributed by atoms with van der Waals surface area (Å²) in [5, 5.41) is 5.70. The van der Waals surface area contributed by atoms with Crippen LogP contribution in [0.5, 0.6) is 11.5 Å². The fraction of sp³-hybridized carbons (Fsp3) is 0.286. The molecule has 7 nitrogen and oxygen atoms in total. The number of carbonyl (C=O) groups excluding carboxylic acids is 2. The van der Waals surface area contributed by atoms with Crippen molar-refractivity contribution < 1.29 is 19.1 Å². The van der Waals surface area contributed by atoms with Gasteiger partial charge >= 0.3 is 0 Å². The molecule has 0 saturated carbocycles. The lowest BCUT2D eigenvalue weighted by atomic mass is 10.1. The van der Waals surface area contributed by atoms with Gasteiger partial charge in [-0.2, -0.15) is 0 Å². The average molecular weight is 474 g/mol. The predicted molar refractivity (Wildman–Crippen MR) is 137 cm³/mol. The molecule has 0 aliphatic carbocycles. The van der Waals surface area contributed by atoms with Crippen molar-refractivity contribution >= 4 is 23.2 Å². The van der Waals surface area contributed by atoms with Crippen molar-refractivity contribution in [1.29, 1.82) is 0 Å². The van der Waals surface area contributed by atoms with Gasteiger partial charge in [-0.1, -0.05) is 18.2 Å². The molecule has 2 amide bonds. The monoisotopic (exact) mass is 473 g/mol. The Labute approximate surface area is 206 Å². The van der Waals surface area contributed by atoms with Crippen LogP contribution in [0.1, 0.15) is 42.7 Å². The Balaban J connectivity index is 1.26. The van der Waals surface area contributed by atoms with Gasteiger partial charge in [-0.3, -0.25) is 9.59 Å². The molecule has 1 aliphatic heterocycles. The van der Waals surface area contributed by atoms with Gasteiger partial charge in [0.1, 0.15) is 17.6 Å². The Morgan fingerprint density at radius 3 is 2.34 bits per heavy atom. The van der Waals surface area contributed by atoms with Crippen molar-refractivity contribution in [3.63, 3.8) is 0 Å². The molecule has 0 bridgehead atoms. The quantitative estimate of drug-likeness (QED) is 0.467. The first-order valence-corrected chi connectivity index (χ1v) is 11.8. The van der Waals surface area contributed by atoms with E-state index in [0.717, 1.165) is 35.8 Å². The first-order valence-electron chi connectivity index (χ1n) is 11.8. The molecule has 1 unspecified atom stereocenters. The van der Waals surface area contributed by atoms with Crippen LogP contribution in [-0.4, -0.2) is 37.6 Å². The number of nitrogens with one attached hydrogen (secondary N) is 2. The summed E-state index contributed by atoms with van der Waals surface area (Å²) in [6.07, 6.45) is 0.139. The lowest BCUT2D eigenvalue weighted by Crippen LogP contribution is -2.54. The number of anilines is 2. The highest BCUT2D eigenvalue weighted by Crippen LogP contribution is 2.27. The molecule has 35 heavy (non-hydrogen) atoms. The average Bonchev–Trinajstić information content (AvgIpc) is 2.82. The Morgan fingerprint density at radius 2 is 1.69 bits per heavy atom. The summed E-state index contributed by atoms with van der Waals surface area (Å²) in [6.45, 7) is 7.68. The molecule has 7 heteroatoms. The zero-order valence-corrected chi connectivity index (χ0v) is 20.3. The second-order valence-corrected chi connectivity index (χ2v) is 8.60. The van der Waals surface area contributed by atoms with Crippen LogP contribution in [0.25, 0.3) is 0 Å². The summed E-state index contributed by atoms with van der Waals surface area (Å²) in [5.41, 5.74) is 3.23. The molecule has 3 aromatic rings. The predicted octanol–water partition coefficient (Wildman–Crippen LogP) is 4.80. The molecule has 1 fully saturated rings. The maximum atomic E-state index is 12.7. The van der Waals surface area contributed by atoms with Crippen molar-refractivity contribution in [3.8, 4) is 11.5 Å². The van der Waals surface area contributed by atoms with E-state index in [1.807, 2.05) is 50.2 Å². The molecular formula is C28H31N3O4. The van der Waals surface area contributed by atoms with E-state index in [0.29, 0.717) is 17.9 Å². The molecule has 4 rings (SSSR count). The molecule has 0 aromatic heterocycles. The Kier molecular flexibility index (Phi) is 7.55. The Morgan fingerprint density at radius 1 is 1.00 bits per heavy atom. The number of hydrogen-bond acceptors (Lipinski definition) is 5. The van der Waals surface area contributed by atoms with Crippen LogP contribution < -0.4 is 25.0 Å². The molecule has 1 saturated heterocycles. The van der Waals surface area contributed by atoms with Gasteiger partial charge in [0.25, 0.3) is 5.91 Å². The summed E-state index contributed by atoms with van der Waals surface area (Å²) < 4.78 is 11.6. The largest absolute Gasteiger partial charge is 0.494 e. The third-order valence-corrected chi connectivity index (χ3v) is 5.84. The van der Waals surface area contributed by atoms with Crippen molar-refractivity contribution in [1.82, 2.24) is 5.32 Å². The summed E-state index contributed by atoms with van der Waals surface area (Å²) in [7, 11) is 0. The number of nitrogens with zero attached hydrogens (tertiary/aromatic N) is 1. The number of amides is 2. The van der Waals surface area contributed by atoms with Crippen molar-refractivity contribution in [2.24, 2.45) is 0 Å². The summed E-state index contributed by atoms with van der Waals surface area (Å²) >= 11 is 0. The fourth-order valence-corrected chi connectivity index (χ4v) is 3.98. The topological polar surface area (TPSA) is 79.9 Å². The number of hydrogen-bond donors (Lipinski definition) is 2. The minimum atomic E-state index is -0.200. The first kappa shape index (κ1) is 24.1. The first-order chi connectivity index (χ1) is 16.9. The summed E-state index contributed by atoms with van der Waals surface area (Å²) in [6, 6.07) is 22.6. The van der Waals surface area contributed by atoms with Crippen LogP contribution in [0.2, 0.25) is 0 Å². The second kappa shape index (κ2) is 11.0. The van der Waals surface area contributed by atoms with E-state index in [1.165, 1.54) is 6.92 Å². The van der Waals surface area contributed by atoms with E-state index in [2.05, 4.69) is 27.7 Å². The maximum Gasteiger partial charge on any atom is 0.251 e. The third-order valence-electron chi connectivity index (χ3n) is 5.84. The van der Waals surface area contributed by atoms with Crippen LogP contribution in [0.15, 0.2) is 72.8 Å². The molecular weight excluding hydrogens is 442 g/mol. The van der Waals surface area contributed by atoms with Crippen LogP contribution in [-0.2, 0) is 4.79 Å². The number of benzene rings is 3. The second-order valence-electron chi connectivity index (χ2n) is 8.60. The number of carbonyl (C=O) groups is 2. The van der Waals surface area contributed by atoms with Crippen molar-refractivity contribution in [2.75, 3.05) is 29.9 Å². The van der Waals surface area contributed by atoms with E-state index < -0.39 is 0 Å².